The van der Waals surface area contributed by atoms with Crippen molar-refractivity contribution in [1.82, 2.24) is 15.4 Å². The van der Waals surface area contributed by atoms with Gasteiger partial charge in [0.1, 0.15) is 11.0 Å². The van der Waals surface area contributed by atoms with Gasteiger partial charge in [0.2, 0.25) is 0 Å². The van der Waals surface area contributed by atoms with Crippen molar-refractivity contribution in [3.8, 4) is 6.07 Å². The number of Topliss-reactive ketones (excluding diaryl/α,β-unsaturated/α-hetero) is 1. The molecule has 7 nitrogen and oxygen atoms in total. The van der Waals surface area contributed by atoms with Crippen LogP contribution in [0.3, 0.4) is 0 Å². The van der Waals surface area contributed by atoms with E-state index in [0.29, 0.717) is 41.1 Å². The summed E-state index contributed by atoms with van der Waals surface area (Å²) in [6.07, 6.45) is 2.91. The summed E-state index contributed by atoms with van der Waals surface area (Å²) in [5, 5.41) is 11.7. The maximum Gasteiger partial charge on any atom is 0.273 e. The van der Waals surface area contributed by atoms with Crippen molar-refractivity contribution >= 4 is 34.9 Å². The topological polar surface area (TPSA) is 112 Å². The van der Waals surface area contributed by atoms with Crippen LogP contribution in [-0.4, -0.2) is 21.7 Å². The third-order valence-electron chi connectivity index (χ3n) is 5.35. The van der Waals surface area contributed by atoms with E-state index in [2.05, 4.69) is 16.5 Å². The van der Waals surface area contributed by atoms with Crippen molar-refractivity contribution in [2.75, 3.05) is 0 Å². The van der Waals surface area contributed by atoms with E-state index in [9.17, 15) is 14.9 Å². The van der Waals surface area contributed by atoms with Gasteiger partial charge in [-0.2, -0.15) is 5.26 Å². The van der Waals surface area contributed by atoms with Crippen LogP contribution >= 0.6 is 23.2 Å². The molecule has 1 unspecified atom stereocenters. The summed E-state index contributed by atoms with van der Waals surface area (Å²) in [7, 11) is 0. The number of nitrogens with zero attached hydrogens (tertiary/aromatic N) is 3. The molecule has 1 amide bonds. The Balaban J connectivity index is 1.84. The van der Waals surface area contributed by atoms with Gasteiger partial charge in [0.25, 0.3) is 5.91 Å². The van der Waals surface area contributed by atoms with E-state index in [0.717, 1.165) is 0 Å². The fourth-order valence-corrected chi connectivity index (χ4v) is 4.40. The minimum absolute atomic E-state index is 0.0305. The zero-order valence-electron chi connectivity index (χ0n) is 16.2. The molecule has 1 aromatic heterocycles. The summed E-state index contributed by atoms with van der Waals surface area (Å²) in [6, 6.07) is 12.3. The number of rotatable bonds is 3. The van der Waals surface area contributed by atoms with E-state index >= 15 is 0 Å². The second-order valence-corrected chi connectivity index (χ2v) is 7.89. The molecule has 31 heavy (non-hydrogen) atoms. The predicted molar refractivity (Wildman–Crippen MR) is 115 cm³/mol. The third-order valence-corrected chi connectivity index (χ3v) is 5.99. The van der Waals surface area contributed by atoms with Crippen molar-refractivity contribution in [1.29, 1.82) is 5.26 Å². The molecule has 3 N–H and O–H groups in total. The molecule has 1 atom stereocenters. The molecule has 9 heteroatoms. The lowest BCUT2D eigenvalue weighted by molar-refractivity contribution is -0.116. The smallest absolute Gasteiger partial charge is 0.273 e. The first-order valence-corrected chi connectivity index (χ1v) is 10.3. The molecule has 2 aliphatic rings. The minimum atomic E-state index is -0.698. The number of hydrogen-bond acceptors (Lipinski definition) is 6. The average molecular weight is 454 g/mol. The van der Waals surface area contributed by atoms with Gasteiger partial charge >= 0.3 is 0 Å². The Morgan fingerprint density at radius 1 is 1.23 bits per heavy atom. The van der Waals surface area contributed by atoms with Crippen LogP contribution in [0.15, 0.2) is 65.3 Å². The Hall–Kier alpha value is -3.34. The monoisotopic (exact) mass is 453 g/mol. The Kier molecular flexibility index (Phi) is 5.68. The van der Waals surface area contributed by atoms with Crippen molar-refractivity contribution in [3.05, 3.63) is 86.6 Å². The van der Waals surface area contributed by atoms with Crippen LogP contribution in [0.2, 0.25) is 10.2 Å². The van der Waals surface area contributed by atoms with Crippen LogP contribution in [0.1, 0.15) is 41.1 Å². The van der Waals surface area contributed by atoms with E-state index in [-0.39, 0.29) is 27.9 Å². The normalized spacial score (nSPS) is 18.5. The number of hydrogen-bond donors (Lipinski definition) is 2. The Bertz CT molecular complexity index is 1200. The first kappa shape index (κ1) is 20.9. The molecule has 1 aromatic carbocycles. The SMILES string of the molecule is N#CC1=C(N)N(NC(=O)c2cccnc2Cl)C2=C(C(=O)CCC2)C1c1ccccc1Cl. The van der Waals surface area contributed by atoms with Gasteiger partial charge in [-0.15, -0.1) is 0 Å². The molecular weight excluding hydrogens is 437 g/mol. The lowest BCUT2D eigenvalue weighted by Gasteiger charge is -2.39. The van der Waals surface area contributed by atoms with Crippen molar-refractivity contribution in [2.24, 2.45) is 5.73 Å². The zero-order valence-corrected chi connectivity index (χ0v) is 17.7. The second kappa shape index (κ2) is 8.42. The highest BCUT2D eigenvalue weighted by Gasteiger charge is 2.41. The Labute approximate surface area is 188 Å². The first-order chi connectivity index (χ1) is 14.9. The molecule has 1 aliphatic heterocycles. The molecule has 0 bridgehead atoms. The van der Waals surface area contributed by atoms with Crippen LogP contribution in [-0.2, 0) is 4.79 Å². The Morgan fingerprint density at radius 2 is 2.00 bits per heavy atom. The highest BCUT2D eigenvalue weighted by atomic mass is 35.5. The quantitative estimate of drug-likeness (QED) is 0.682. The van der Waals surface area contributed by atoms with Gasteiger partial charge in [0.15, 0.2) is 5.78 Å². The van der Waals surface area contributed by atoms with Gasteiger partial charge in [-0.05, 0) is 36.6 Å². The second-order valence-electron chi connectivity index (χ2n) is 7.12. The van der Waals surface area contributed by atoms with E-state index in [1.54, 1.807) is 30.3 Å². The van der Waals surface area contributed by atoms with Gasteiger partial charge in [0, 0.05) is 28.9 Å². The van der Waals surface area contributed by atoms with Crippen LogP contribution in [0, 0.1) is 11.3 Å². The number of amides is 1. The molecule has 0 saturated heterocycles. The highest BCUT2D eigenvalue weighted by molar-refractivity contribution is 6.32. The zero-order chi connectivity index (χ0) is 22.1. The number of pyridine rings is 1. The molecule has 1 aliphatic carbocycles. The van der Waals surface area contributed by atoms with Crippen LogP contribution in [0.5, 0.6) is 0 Å². The van der Waals surface area contributed by atoms with Crippen molar-refractivity contribution in [3.63, 3.8) is 0 Å². The van der Waals surface area contributed by atoms with Crippen LogP contribution in [0.4, 0.5) is 0 Å². The number of halogens is 2. The lowest BCUT2D eigenvalue weighted by Crippen LogP contribution is -2.48. The number of nitrogens with one attached hydrogen (secondary N) is 1. The van der Waals surface area contributed by atoms with Crippen molar-refractivity contribution in [2.45, 2.75) is 25.2 Å². The molecule has 0 spiro atoms. The van der Waals surface area contributed by atoms with Gasteiger partial charge in [-0.25, -0.2) is 9.99 Å². The number of carbonyl (C=O) groups excluding carboxylic acids is 2. The third kappa shape index (κ3) is 3.65. The predicted octanol–water partition coefficient (Wildman–Crippen LogP) is 3.83. The number of carbonyl (C=O) groups is 2. The van der Waals surface area contributed by atoms with Gasteiger partial charge in [0.05, 0.1) is 23.1 Å². The number of nitrogens with two attached hydrogens (primary N) is 1. The van der Waals surface area contributed by atoms with Crippen LogP contribution < -0.4 is 11.2 Å². The lowest BCUT2D eigenvalue weighted by atomic mass is 9.76. The van der Waals surface area contributed by atoms with E-state index in [4.69, 9.17) is 28.9 Å². The molecule has 156 valence electrons. The van der Waals surface area contributed by atoms with Crippen molar-refractivity contribution < 1.29 is 9.59 Å². The molecule has 2 aromatic rings. The summed E-state index contributed by atoms with van der Waals surface area (Å²) >= 11 is 12.5. The highest BCUT2D eigenvalue weighted by Crippen LogP contribution is 2.45. The van der Waals surface area contributed by atoms with Gasteiger partial charge in [-0.1, -0.05) is 41.4 Å². The fraction of sp³-hybridized carbons (Fsp3) is 0.182. The average Bonchev–Trinajstić information content (AvgIpc) is 2.76. The Morgan fingerprint density at radius 3 is 2.71 bits per heavy atom. The first-order valence-electron chi connectivity index (χ1n) is 9.56. The summed E-state index contributed by atoms with van der Waals surface area (Å²) in [5.41, 5.74) is 10.9. The number of aromatic nitrogens is 1. The molecule has 0 fully saturated rings. The number of nitriles is 1. The maximum atomic E-state index is 13.0. The maximum absolute atomic E-state index is 13.0. The molecule has 0 saturated carbocycles. The van der Waals surface area contributed by atoms with Crippen LogP contribution in [0.25, 0.3) is 0 Å². The van der Waals surface area contributed by atoms with E-state index in [1.807, 2.05) is 0 Å². The minimum Gasteiger partial charge on any atom is -0.383 e. The molecule has 4 rings (SSSR count). The number of benzene rings is 1. The van der Waals surface area contributed by atoms with Gasteiger partial charge < -0.3 is 5.73 Å². The van der Waals surface area contributed by atoms with E-state index < -0.39 is 11.8 Å². The van der Waals surface area contributed by atoms with Gasteiger partial charge in [-0.3, -0.25) is 15.0 Å². The molecule has 0 radical (unpaired) electrons. The molecular formula is C22H17Cl2N5O2. The fourth-order valence-electron chi connectivity index (χ4n) is 3.95. The molecule has 2 heterocycles. The largest absolute Gasteiger partial charge is 0.383 e. The summed E-state index contributed by atoms with van der Waals surface area (Å²) in [4.78, 5) is 29.8. The number of ketones is 1. The standard InChI is InChI=1S/C22H17Cl2N5O2/c23-15-7-2-1-5-12(15)18-14(11-25)21(26)29(16-8-3-9-17(30)19(16)18)28-22(31)13-6-4-10-27-20(13)24/h1-2,4-7,10,18H,3,8-9,26H2,(H,28,31). The summed E-state index contributed by atoms with van der Waals surface area (Å²) in [5.74, 6) is -1.32. The summed E-state index contributed by atoms with van der Waals surface area (Å²) < 4.78 is 0. The number of hydrazine groups is 1. The van der Waals surface area contributed by atoms with E-state index in [1.165, 1.54) is 17.3 Å². The number of allylic oxidation sites excluding steroid dienone is 3. The summed E-state index contributed by atoms with van der Waals surface area (Å²) in [6.45, 7) is 0.